The second-order valence-electron chi connectivity index (χ2n) is 5.25. The summed E-state index contributed by atoms with van der Waals surface area (Å²) in [6.45, 7) is 0.391. The predicted octanol–water partition coefficient (Wildman–Crippen LogP) is 2.33. The third-order valence-electron chi connectivity index (χ3n) is 3.47. The van der Waals surface area contributed by atoms with E-state index in [1.54, 1.807) is 15.6 Å². The molecule has 126 valence electrons. The largest absolute Gasteiger partial charge is 0.341 e. The van der Waals surface area contributed by atoms with Gasteiger partial charge in [-0.05, 0) is 23.8 Å². The smallest absolute Gasteiger partial charge is 0.275 e. The van der Waals surface area contributed by atoms with Crippen LogP contribution in [-0.2, 0) is 23.4 Å². The molecule has 2 heterocycles. The number of benzene rings is 1. The van der Waals surface area contributed by atoms with Crippen molar-refractivity contribution in [3.8, 4) is 11.3 Å². The number of rotatable bonds is 5. The average Bonchev–Trinajstić information content (AvgIpc) is 3.16. The van der Waals surface area contributed by atoms with Gasteiger partial charge in [0.1, 0.15) is 0 Å². The maximum atomic E-state index is 12.5. The van der Waals surface area contributed by atoms with Crippen molar-refractivity contribution in [2.24, 2.45) is 7.05 Å². The number of nitrogens with zero attached hydrogens (tertiary/aromatic N) is 4. The highest BCUT2D eigenvalue weighted by Crippen LogP contribution is 2.20. The van der Waals surface area contributed by atoms with Crippen LogP contribution < -0.4 is 0 Å². The minimum Gasteiger partial charge on any atom is -0.275 e. The van der Waals surface area contributed by atoms with Crippen LogP contribution in [0.1, 0.15) is 5.56 Å². The molecule has 0 radical (unpaired) electrons. The summed E-state index contributed by atoms with van der Waals surface area (Å²) < 4.78 is 51.1. The molecule has 0 saturated heterocycles. The zero-order chi connectivity index (χ0) is 17.3. The zero-order valence-corrected chi connectivity index (χ0v) is 13.5. The lowest BCUT2D eigenvalue weighted by molar-refractivity contribution is 0.234. The summed E-state index contributed by atoms with van der Waals surface area (Å²) in [5, 5.41) is 8.51. The maximum Gasteiger partial charge on any atom is 0.341 e. The van der Waals surface area contributed by atoms with Crippen LogP contribution in [0.4, 0.5) is 8.78 Å². The first-order valence-electron chi connectivity index (χ1n) is 7.00. The highest BCUT2D eigenvalue weighted by atomic mass is 32.2. The fourth-order valence-electron chi connectivity index (χ4n) is 2.23. The Morgan fingerprint density at radius 1 is 1.17 bits per heavy atom. The SMILES string of the molecule is Cn1ccc(-c2cnn(Cc3ccc(S(=O)(=O)C(F)F)cc3)c2)n1. The van der Waals surface area contributed by atoms with Gasteiger partial charge in [-0.3, -0.25) is 9.36 Å². The molecule has 0 N–H and O–H groups in total. The number of halogens is 2. The molecule has 0 aliphatic heterocycles. The summed E-state index contributed by atoms with van der Waals surface area (Å²) in [5.74, 6) is -3.42. The van der Waals surface area contributed by atoms with Crippen LogP contribution in [-0.4, -0.2) is 33.7 Å². The second-order valence-corrected chi connectivity index (χ2v) is 7.17. The predicted molar refractivity (Wildman–Crippen MR) is 83.2 cm³/mol. The first kappa shape index (κ1) is 16.3. The van der Waals surface area contributed by atoms with Gasteiger partial charge in [-0.2, -0.15) is 19.0 Å². The van der Waals surface area contributed by atoms with E-state index in [9.17, 15) is 17.2 Å². The van der Waals surface area contributed by atoms with Gasteiger partial charge in [0, 0.05) is 25.0 Å². The van der Waals surface area contributed by atoms with E-state index in [-0.39, 0.29) is 0 Å². The lowest BCUT2D eigenvalue weighted by atomic mass is 10.2. The molecule has 0 spiro atoms. The first-order chi connectivity index (χ1) is 11.4. The monoisotopic (exact) mass is 352 g/mol. The van der Waals surface area contributed by atoms with E-state index in [1.165, 1.54) is 24.3 Å². The Balaban J connectivity index is 1.76. The molecule has 0 saturated carbocycles. The quantitative estimate of drug-likeness (QED) is 0.707. The second kappa shape index (κ2) is 6.16. The topological polar surface area (TPSA) is 69.8 Å². The van der Waals surface area contributed by atoms with Gasteiger partial charge in [0.2, 0.25) is 9.84 Å². The van der Waals surface area contributed by atoms with Crippen molar-refractivity contribution in [3.05, 3.63) is 54.5 Å². The van der Waals surface area contributed by atoms with E-state index in [4.69, 9.17) is 0 Å². The molecule has 0 fully saturated rings. The minimum atomic E-state index is -4.56. The Bertz CT molecular complexity index is 946. The molecule has 1 aromatic carbocycles. The van der Waals surface area contributed by atoms with Crippen molar-refractivity contribution >= 4 is 9.84 Å². The molecule has 0 aliphatic carbocycles. The Kier molecular flexibility index (Phi) is 4.18. The highest BCUT2D eigenvalue weighted by Gasteiger charge is 2.26. The third-order valence-corrected chi connectivity index (χ3v) is 4.87. The molecule has 9 heteroatoms. The molecule has 3 rings (SSSR count). The van der Waals surface area contributed by atoms with Gasteiger partial charge in [0.15, 0.2) is 0 Å². The average molecular weight is 352 g/mol. The van der Waals surface area contributed by atoms with Crippen molar-refractivity contribution < 1.29 is 17.2 Å². The van der Waals surface area contributed by atoms with Gasteiger partial charge in [-0.15, -0.1) is 0 Å². The van der Waals surface area contributed by atoms with Gasteiger partial charge in [-0.1, -0.05) is 12.1 Å². The van der Waals surface area contributed by atoms with Crippen LogP contribution in [0, 0.1) is 0 Å². The zero-order valence-electron chi connectivity index (χ0n) is 12.7. The van der Waals surface area contributed by atoms with Crippen molar-refractivity contribution in [1.82, 2.24) is 19.6 Å². The lowest BCUT2D eigenvalue weighted by Gasteiger charge is -2.05. The minimum absolute atomic E-state index is 0.391. The molecular formula is C15H14F2N4O2S. The van der Waals surface area contributed by atoms with Gasteiger partial charge < -0.3 is 0 Å². The van der Waals surface area contributed by atoms with Crippen LogP contribution in [0.2, 0.25) is 0 Å². The first-order valence-corrected chi connectivity index (χ1v) is 8.54. The fraction of sp³-hybridized carbons (Fsp3) is 0.200. The molecule has 0 bridgehead atoms. The summed E-state index contributed by atoms with van der Waals surface area (Å²) in [4.78, 5) is -0.393. The molecule has 24 heavy (non-hydrogen) atoms. The number of aromatic nitrogens is 4. The number of hydrogen-bond acceptors (Lipinski definition) is 4. The number of aryl methyl sites for hydroxylation is 1. The van der Waals surface area contributed by atoms with E-state index in [0.717, 1.165) is 16.8 Å². The summed E-state index contributed by atoms with van der Waals surface area (Å²) in [6.07, 6.45) is 5.32. The molecule has 2 aromatic heterocycles. The Hall–Kier alpha value is -2.55. The van der Waals surface area contributed by atoms with Crippen LogP contribution >= 0.6 is 0 Å². The normalized spacial score (nSPS) is 12.0. The molecule has 0 amide bonds. The van der Waals surface area contributed by atoms with Gasteiger partial charge in [0.25, 0.3) is 0 Å². The van der Waals surface area contributed by atoms with Gasteiger partial charge >= 0.3 is 5.76 Å². The van der Waals surface area contributed by atoms with Crippen LogP contribution in [0.3, 0.4) is 0 Å². The third kappa shape index (κ3) is 3.21. The van der Waals surface area contributed by atoms with Gasteiger partial charge in [0.05, 0.1) is 23.3 Å². The Morgan fingerprint density at radius 3 is 2.46 bits per heavy atom. The molecule has 0 atom stereocenters. The Morgan fingerprint density at radius 2 is 1.88 bits per heavy atom. The summed E-state index contributed by atoms with van der Waals surface area (Å²) in [5.41, 5.74) is 2.40. The van der Waals surface area contributed by atoms with Crippen LogP contribution in [0.25, 0.3) is 11.3 Å². The van der Waals surface area contributed by atoms with Crippen molar-refractivity contribution in [2.45, 2.75) is 17.2 Å². The van der Waals surface area contributed by atoms with Crippen LogP contribution in [0.5, 0.6) is 0 Å². The Labute approximate surface area is 137 Å². The molecule has 6 nitrogen and oxygen atoms in total. The highest BCUT2D eigenvalue weighted by molar-refractivity contribution is 7.91. The summed E-state index contributed by atoms with van der Waals surface area (Å²) in [7, 11) is -2.74. The fourth-order valence-corrected chi connectivity index (χ4v) is 2.95. The van der Waals surface area contributed by atoms with Crippen molar-refractivity contribution in [2.75, 3.05) is 0 Å². The van der Waals surface area contributed by atoms with E-state index in [0.29, 0.717) is 6.54 Å². The van der Waals surface area contributed by atoms with Crippen LogP contribution in [0.15, 0.2) is 53.8 Å². The molecule has 0 unspecified atom stereocenters. The lowest BCUT2D eigenvalue weighted by Crippen LogP contribution is -2.11. The molecule has 0 aliphatic rings. The number of hydrogen-bond donors (Lipinski definition) is 0. The van der Waals surface area contributed by atoms with E-state index in [1.807, 2.05) is 25.5 Å². The van der Waals surface area contributed by atoms with E-state index in [2.05, 4.69) is 10.2 Å². The molecular weight excluding hydrogens is 338 g/mol. The summed E-state index contributed by atoms with van der Waals surface area (Å²) >= 11 is 0. The maximum absolute atomic E-state index is 12.5. The standard InChI is InChI=1S/C15H14F2N4O2S/c1-20-7-6-14(19-20)12-8-18-21(10-12)9-11-2-4-13(5-3-11)24(22,23)15(16)17/h2-8,10,15H,9H2,1H3. The van der Waals surface area contributed by atoms with E-state index < -0.39 is 20.5 Å². The van der Waals surface area contributed by atoms with Gasteiger partial charge in [-0.25, -0.2) is 8.42 Å². The number of alkyl halides is 2. The van der Waals surface area contributed by atoms with E-state index >= 15 is 0 Å². The number of sulfone groups is 1. The van der Waals surface area contributed by atoms with Crippen molar-refractivity contribution in [3.63, 3.8) is 0 Å². The van der Waals surface area contributed by atoms with Crippen molar-refractivity contribution in [1.29, 1.82) is 0 Å². The summed E-state index contributed by atoms with van der Waals surface area (Å²) in [6, 6.07) is 7.22. The molecule has 3 aromatic rings.